The molecule has 0 aromatic carbocycles. The molecule has 1 aliphatic rings. The van der Waals surface area contributed by atoms with Crippen molar-refractivity contribution >= 4 is 17.7 Å². The van der Waals surface area contributed by atoms with E-state index in [4.69, 9.17) is 4.74 Å². The fourth-order valence-electron chi connectivity index (χ4n) is 1.50. The molecule has 0 N–H and O–H groups in total. The van der Waals surface area contributed by atoms with Crippen LogP contribution in [0.15, 0.2) is 0 Å². The lowest BCUT2D eigenvalue weighted by Gasteiger charge is -2.26. The van der Waals surface area contributed by atoms with Crippen LogP contribution in [0.5, 0.6) is 0 Å². The maximum absolute atomic E-state index is 11.6. The van der Waals surface area contributed by atoms with Gasteiger partial charge in [-0.15, -0.1) is 0 Å². The van der Waals surface area contributed by atoms with Gasteiger partial charge in [0, 0.05) is 19.5 Å². The number of rotatable bonds is 5. The fraction of sp³-hybridized carbons (Fsp3) is 0.727. The Balaban J connectivity index is 2.31. The molecule has 0 aromatic rings. The van der Waals surface area contributed by atoms with Crippen LogP contribution in [-0.2, 0) is 23.9 Å². The van der Waals surface area contributed by atoms with E-state index in [2.05, 4.69) is 4.74 Å². The molecule has 17 heavy (non-hydrogen) atoms. The number of hydrogen-bond acceptors (Lipinski definition) is 5. The summed E-state index contributed by atoms with van der Waals surface area (Å²) < 4.78 is 9.76. The number of Topliss-reactive ketones (excluding diaryl/α,β-unsaturated/α-hetero) is 1. The first-order valence-corrected chi connectivity index (χ1v) is 5.70. The van der Waals surface area contributed by atoms with Crippen molar-refractivity contribution in [2.24, 2.45) is 0 Å². The highest BCUT2D eigenvalue weighted by Gasteiger charge is 2.23. The lowest BCUT2D eigenvalue weighted by Crippen LogP contribution is -2.44. The van der Waals surface area contributed by atoms with Gasteiger partial charge in [0.25, 0.3) is 5.91 Å². The third kappa shape index (κ3) is 4.52. The van der Waals surface area contributed by atoms with E-state index in [1.54, 1.807) is 6.92 Å². The number of ketones is 1. The second-order valence-electron chi connectivity index (χ2n) is 3.63. The number of carbonyl (C=O) groups excluding carboxylic acids is 3. The molecule has 1 saturated heterocycles. The van der Waals surface area contributed by atoms with Crippen LogP contribution in [-0.4, -0.2) is 55.5 Å². The molecule has 1 rings (SSSR count). The first-order chi connectivity index (χ1) is 8.15. The molecule has 0 spiro atoms. The maximum atomic E-state index is 11.6. The van der Waals surface area contributed by atoms with Gasteiger partial charge in [-0.05, 0) is 6.92 Å². The van der Waals surface area contributed by atoms with Gasteiger partial charge in [-0.3, -0.25) is 14.4 Å². The van der Waals surface area contributed by atoms with Gasteiger partial charge in [-0.1, -0.05) is 0 Å². The summed E-state index contributed by atoms with van der Waals surface area (Å²) in [7, 11) is 0. The van der Waals surface area contributed by atoms with Crippen molar-refractivity contribution in [2.75, 3.05) is 32.9 Å². The first kappa shape index (κ1) is 13.6. The average molecular weight is 243 g/mol. The lowest BCUT2D eigenvalue weighted by molar-refractivity contribution is -0.149. The van der Waals surface area contributed by atoms with Gasteiger partial charge < -0.3 is 14.4 Å². The summed E-state index contributed by atoms with van der Waals surface area (Å²) in [6.45, 7) is 3.75. The van der Waals surface area contributed by atoms with E-state index in [1.807, 2.05) is 0 Å². The van der Waals surface area contributed by atoms with Crippen molar-refractivity contribution in [3.63, 3.8) is 0 Å². The lowest BCUT2D eigenvalue weighted by atomic mass is 10.2. The van der Waals surface area contributed by atoms with Gasteiger partial charge in [0.05, 0.1) is 26.2 Å². The molecule has 1 aliphatic heterocycles. The van der Waals surface area contributed by atoms with E-state index in [0.29, 0.717) is 26.3 Å². The number of hydrogen-bond donors (Lipinski definition) is 0. The Morgan fingerprint density at radius 2 is 1.82 bits per heavy atom. The topological polar surface area (TPSA) is 72.9 Å². The second-order valence-corrected chi connectivity index (χ2v) is 3.63. The molecule has 1 heterocycles. The van der Waals surface area contributed by atoms with Crippen LogP contribution in [0, 0.1) is 0 Å². The van der Waals surface area contributed by atoms with Crippen LogP contribution in [0.25, 0.3) is 0 Å². The summed E-state index contributed by atoms with van der Waals surface area (Å²) in [6, 6.07) is 0. The van der Waals surface area contributed by atoms with Gasteiger partial charge in [-0.25, -0.2) is 0 Å². The van der Waals surface area contributed by atoms with Crippen molar-refractivity contribution in [3.05, 3.63) is 0 Å². The third-order valence-corrected chi connectivity index (χ3v) is 2.40. The van der Waals surface area contributed by atoms with Crippen molar-refractivity contribution < 1.29 is 23.9 Å². The van der Waals surface area contributed by atoms with Gasteiger partial charge >= 0.3 is 5.97 Å². The highest BCUT2D eigenvalue weighted by Crippen LogP contribution is 2.02. The third-order valence-electron chi connectivity index (χ3n) is 2.40. The minimum atomic E-state index is -0.542. The molecule has 6 heteroatoms. The predicted octanol–water partition coefficient (Wildman–Crippen LogP) is -0.242. The van der Waals surface area contributed by atoms with Crippen LogP contribution in [0.1, 0.15) is 19.8 Å². The van der Waals surface area contributed by atoms with Crippen LogP contribution in [0.2, 0.25) is 0 Å². The van der Waals surface area contributed by atoms with Crippen LogP contribution in [0.4, 0.5) is 0 Å². The summed E-state index contributed by atoms with van der Waals surface area (Å²) >= 11 is 0. The van der Waals surface area contributed by atoms with E-state index >= 15 is 0 Å². The zero-order chi connectivity index (χ0) is 12.7. The van der Waals surface area contributed by atoms with E-state index < -0.39 is 17.7 Å². The molecule has 0 bridgehead atoms. The quantitative estimate of drug-likeness (QED) is 0.492. The summed E-state index contributed by atoms with van der Waals surface area (Å²) in [5, 5.41) is 0. The standard InChI is InChI=1S/C11H17NO5/c1-2-17-10(14)4-3-9(13)11(15)12-5-7-16-8-6-12/h2-8H2,1H3. The minimum Gasteiger partial charge on any atom is -0.466 e. The molecule has 1 amide bonds. The highest BCUT2D eigenvalue weighted by molar-refractivity contribution is 6.36. The van der Waals surface area contributed by atoms with Crippen molar-refractivity contribution in [1.29, 1.82) is 0 Å². The zero-order valence-corrected chi connectivity index (χ0v) is 9.94. The molecular formula is C11H17NO5. The van der Waals surface area contributed by atoms with Crippen LogP contribution < -0.4 is 0 Å². The second kappa shape index (κ2) is 7.01. The Hall–Kier alpha value is -1.43. The molecule has 1 fully saturated rings. The zero-order valence-electron chi connectivity index (χ0n) is 9.94. The predicted molar refractivity (Wildman–Crippen MR) is 58.3 cm³/mol. The Kier molecular flexibility index (Phi) is 5.62. The molecular weight excluding hydrogens is 226 g/mol. The summed E-state index contributed by atoms with van der Waals surface area (Å²) in [5.41, 5.74) is 0. The number of nitrogens with zero attached hydrogens (tertiary/aromatic N) is 1. The van der Waals surface area contributed by atoms with Crippen molar-refractivity contribution in [1.82, 2.24) is 4.90 Å². The average Bonchev–Trinajstić information content (AvgIpc) is 2.36. The van der Waals surface area contributed by atoms with E-state index in [0.717, 1.165) is 0 Å². The molecule has 96 valence electrons. The minimum absolute atomic E-state index is 0.0389. The largest absolute Gasteiger partial charge is 0.466 e. The van der Waals surface area contributed by atoms with Crippen molar-refractivity contribution in [2.45, 2.75) is 19.8 Å². The Labute approximate surface area is 99.9 Å². The molecule has 0 saturated carbocycles. The normalized spacial score (nSPS) is 15.5. The molecule has 6 nitrogen and oxygen atoms in total. The molecule has 0 atom stereocenters. The van der Waals surface area contributed by atoms with E-state index in [-0.39, 0.29) is 19.4 Å². The molecule has 0 aliphatic carbocycles. The smallest absolute Gasteiger partial charge is 0.306 e. The SMILES string of the molecule is CCOC(=O)CCC(=O)C(=O)N1CCOCC1. The van der Waals surface area contributed by atoms with E-state index in [9.17, 15) is 14.4 Å². The van der Waals surface area contributed by atoms with Crippen molar-refractivity contribution in [3.8, 4) is 0 Å². The van der Waals surface area contributed by atoms with Gasteiger partial charge in [-0.2, -0.15) is 0 Å². The Bertz CT molecular complexity index is 296. The summed E-state index contributed by atoms with van der Waals surface area (Å²) in [6.07, 6.45) is -0.127. The molecule has 0 radical (unpaired) electrons. The number of esters is 1. The van der Waals surface area contributed by atoms with Crippen LogP contribution in [0.3, 0.4) is 0 Å². The van der Waals surface area contributed by atoms with Gasteiger partial charge in [0.15, 0.2) is 0 Å². The molecule has 0 aromatic heterocycles. The Morgan fingerprint density at radius 1 is 1.18 bits per heavy atom. The first-order valence-electron chi connectivity index (χ1n) is 5.70. The number of ether oxygens (including phenoxy) is 2. The number of amides is 1. The monoisotopic (exact) mass is 243 g/mol. The summed E-state index contributed by atoms with van der Waals surface area (Å²) in [5.74, 6) is -1.52. The maximum Gasteiger partial charge on any atom is 0.306 e. The summed E-state index contributed by atoms with van der Waals surface area (Å²) in [4.78, 5) is 35.6. The number of carbonyl (C=O) groups is 3. The Morgan fingerprint density at radius 3 is 2.41 bits per heavy atom. The fourth-order valence-corrected chi connectivity index (χ4v) is 1.50. The number of morpholine rings is 1. The van der Waals surface area contributed by atoms with Crippen LogP contribution >= 0.6 is 0 Å². The van der Waals surface area contributed by atoms with Gasteiger partial charge in [0.1, 0.15) is 0 Å². The highest BCUT2D eigenvalue weighted by atomic mass is 16.5. The van der Waals surface area contributed by atoms with Gasteiger partial charge in [0.2, 0.25) is 5.78 Å². The van der Waals surface area contributed by atoms with E-state index in [1.165, 1.54) is 4.90 Å². The molecule has 0 unspecified atom stereocenters.